The van der Waals surface area contributed by atoms with Crippen LogP contribution >= 0.6 is 0 Å². The van der Waals surface area contributed by atoms with Crippen molar-refractivity contribution >= 4 is 39.2 Å². The molecule has 0 bridgehead atoms. The number of amides is 1. The third-order valence-electron chi connectivity index (χ3n) is 7.01. The number of hydrogen-bond donors (Lipinski definition) is 2. The minimum absolute atomic E-state index is 0.0891. The van der Waals surface area contributed by atoms with Crippen LogP contribution in [-0.2, 0) is 11.3 Å². The first-order valence-corrected chi connectivity index (χ1v) is 12.9. The second-order valence-corrected chi connectivity index (χ2v) is 9.83. The number of pyridine rings is 1. The van der Waals surface area contributed by atoms with Gasteiger partial charge in [-0.15, -0.1) is 0 Å². The molecule has 0 atom stereocenters. The maximum atomic E-state index is 14.0. The van der Waals surface area contributed by atoms with Gasteiger partial charge in [-0.3, -0.25) is 14.2 Å². The van der Waals surface area contributed by atoms with Crippen LogP contribution in [0, 0.1) is 13.8 Å². The Hall–Kier alpha value is -5.31. The maximum absolute atomic E-state index is 14.0. The molecular weight excluding hydrogens is 502 g/mol. The van der Waals surface area contributed by atoms with Gasteiger partial charge in [-0.25, -0.2) is 14.6 Å². The van der Waals surface area contributed by atoms with Gasteiger partial charge in [0, 0.05) is 23.9 Å². The number of carbonyl (C=O) groups is 1. The minimum Gasteiger partial charge on any atom is -0.383 e. The third-order valence-corrected chi connectivity index (χ3v) is 7.01. The van der Waals surface area contributed by atoms with Gasteiger partial charge in [0.05, 0.1) is 23.0 Å². The molecule has 3 aromatic carbocycles. The van der Waals surface area contributed by atoms with Crippen LogP contribution in [0.25, 0.3) is 38.8 Å². The molecule has 1 amide bonds. The Morgan fingerprint density at radius 1 is 0.925 bits per heavy atom. The van der Waals surface area contributed by atoms with Crippen LogP contribution in [-0.4, -0.2) is 30.2 Å². The van der Waals surface area contributed by atoms with Crippen molar-refractivity contribution in [3.63, 3.8) is 0 Å². The molecule has 3 aromatic heterocycles. The summed E-state index contributed by atoms with van der Waals surface area (Å²) in [6, 6.07) is 23.1. The summed E-state index contributed by atoms with van der Waals surface area (Å²) in [4.78, 5) is 34.4. The molecule has 0 radical (unpaired) electrons. The van der Waals surface area contributed by atoms with E-state index in [0.717, 1.165) is 33.5 Å². The SMILES string of the molecule is CC(=O)Nc1cccc(-c2nn(Cc3cc4cccc(C)c4c(=O)n3-c3ccccc3C)c3ncnc(N)c23)c1. The second-order valence-electron chi connectivity index (χ2n) is 9.83. The molecule has 198 valence electrons. The summed E-state index contributed by atoms with van der Waals surface area (Å²) in [5, 5.41) is 9.88. The van der Waals surface area contributed by atoms with Crippen molar-refractivity contribution in [3.05, 3.63) is 106 Å². The summed E-state index contributed by atoms with van der Waals surface area (Å²) >= 11 is 0. The fourth-order valence-electron chi connectivity index (χ4n) is 5.23. The summed E-state index contributed by atoms with van der Waals surface area (Å²) in [6.07, 6.45) is 1.41. The largest absolute Gasteiger partial charge is 0.383 e. The number of aryl methyl sites for hydroxylation is 2. The number of nitrogens with zero attached hydrogens (tertiary/aromatic N) is 5. The van der Waals surface area contributed by atoms with Gasteiger partial charge >= 0.3 is 0 Å². The topological polar surface area (TPSA) is 121 Å². The molecule has 9 nitrogen and oxygen atoms in total. The van der Waals surface area contributed by atoms with Gasteiger partial charge in [0.25, 0.3) is 5.56 Å². The van der Waals surface area contributed by atoms with Crippen molar-refractivity contribution in [2.45, 2.75) is 27.3 Å². The monoisotopic (exact) mass is 529 g/mol. The molecule has 3 heterocycles. The Labute approximate surface area is 229 Å². The first-order valence-electron chi connectivity index (χ1n) is 12.9. The molecule has 0 fully saturated rings. The van der Waals surface area contributed by atoms with Crippen LogP contribution in [0.1, 0.15) is 23.7 Å². The van der Waals surface area contributed by atoms with Gasteiger partial charge < -0.3 is 11.1 Å². The number of anilines is 2. The highest BCUT2D eigenvalue weighted by Gasteiger charge is 2.20. The van der Waals surface area contributed by atoms with E-state index in [1.165, 1.54) is 13.3 Å². The van der Waals surface area contributed by atoms with Gasteiger partial charge in [-0.2, -0.15) is 5.10 Å². The molecule has 0 unspecified atom stereocenters. The average molecular weight is 530 g/mol. The van der Waals surface area contributed by atoms with E-state index >= 15 is 0 Å². The Morgan fingerprint density at radius 2 is 1.70 bits per heavy atom. The van der Waals surface area contributed by atoms with Crippen LogP contribution in [0.4, 0.5) is 11.5 Å². The predicted molar refractivity (Wildman–Crippen MR) is 158 cm³/mol. The summed E-state index contributed by atoms with van der Waals surface area (Å²) < 4.78 is 3.51. The number of rotatable bonds is 5. The van der Waals surface area contributed by atoms with Crippen molar-refractivity contribution in [1.82, 2.24) is 24.3 Å². The smallest absolute Gasteiger partial charge is 0.263 e. The summed E-state index contributed by atoms with van der Waals surface area (Å²) in [7, 11) is 0. The van der Waals surface area contributed by atoms with Crippen LogP contribution in [0.5, 0.6) is 0 Å². The lowest BCUT2D eigenvalue weighted by atomic mass is 10.1. The van der Waals surface area contributed by atoms with Gasteiger partial charge in [-0.1, -0.05) is 48.5 Å². The molecule has 6 rings (SSSR count). The van der Waals surface area contributed by atoms with E-state index in [2.05, 4.69) is 15.3 Å². The number of para-hydroxylation sites is 1. The highest BCUT2D eigenvalue weighted by Crippen LogP contribution is 2.32. The molecule has 9 heteroatoms. The molecule has 40 heavy (non-hydrogen) atoms. The van der Waals surface area contributed by atoms with E-state index in [-0.39, 0.29) is 18.0 Å². The first-order chi connectivity index (χ1) is 19.3. The first kappa shape index (κ1) is 25.0. The lowest BCUT2D eigenvalue weighted by Crippen LogP contribution is -2.25. The summed E-state index contributed by atoms with van der Waals surface area (Å²) in [5.74, 6) is 0.123. The quantitative estimate of drug-likeness (QED) is 0.324. The van der Waals surface area contributed by atoms with Crippen LogP contribution in [0.3, 0.4) is 0 Å². The molecule has 0 aliphatic carbocycles. The van der Waals surface area contributed by atoms with Crippen LogP contribution < -0.4 is 16.6 Å². The number of nitrogen functional groups attached to an aromatic ring is 1. The van der Waals surface area contributed by atoms with Gasteiger partial charge in [0.1, 0.15) is 17.8 Å². The predicted octanol–water partition coefficient (Wildman–Crippen LogP) is 5.00. The van der Waals surface area contributed by atoms with Gasteiger partial charge in [-0.05, 0) is 54.6 Å². The second kappa shape index (κ2) is 9.77. The Morgan fingerprint density at radius 3 is 2.50 bits per heavy atom. The van der Waals surface area contributed by atoms with E-state index < -0.39 is 0 Å². The normalized spacial score (nSPS) is 11.3. The molecule has 6 aromatic rings. The number of carbonyl (C=O) groups excluding carboxylic acids is 1. The molecule has 0 saturated carbocycles. The summed E-state index contributed by atoms with van der Waals surface area (Å²) in [5.41, 5.74) is 12.2. The zero-order chi connectivity index (χ0) is 28.0. The number of nitrogens with one attached hydrogen (secondary N) is 1. The molecule has 0 spiro atoms. The zero-order valence-electron chi connectivity index (χ0n) is 22.3. The lowest BCUT2D eigenvalue weighted by molar-refractivity contribution is -0.114. The average Bonchev–Trinajstić information content (AvgIpc) is 3.29. The van der Waals surface area contributed by atoms with E-state index in [9.17, 15) is 9.59 Å². The standard InChI is InChI=1S/C31H27N7O2/c1-18-8-4-5-13-25(18)38-24(15-21-10-6-9-19(2)26(21)31(38)40)16-37-30-27(29(32)33-17-34-30)28(36-37)22-11-7-12-23(14-22)35-20(3)39/h4-15,17H,16H2,1-3H3,(H,35,39)(H2,32,33,34). The van der Waals surface area contributed by atoms with E-state index in [4.69, 9.17) is 10.8 Å². The molecule has 0 aliphatic rings. The van der Waals surface area contributed by atoms with Crippen molar-refractivity contribution < 1.29 is 4.79 Å². The van der Waals surface area contributed by atoms with E-state index in [1.54, 1.807) is 9.25 Å². The molecule has 0 saturated heterocycles. The van der Waals surface area contributed by atoms with Crippen molar-refractivity contribution in [2.75, 3.05) is 11.1 Å². The van der Waals surface area contributed by atoms with Crippen molar-refractivity contribution in [2.24, 2.45) is 0 Å². The molecule has 0 aliphatic heterocycles. The van der Waals surface area contributed by atoms with E-state index in [1.807, 2.05) is 86.6 Å². The Kier molecular flexibility index (Phi) is 6.11. The molecule has 3 N–H and O–H groups in total. The number of aromatic nitrogens is 5. The zero-order valence-corrected chi connectivity index (χ0v) is 22.3. The van der Waals surface area contributed by atoms with Crippen molar-refractivity contribution in [3.8, 4) is 16.9 Å². The van der Waals surface area contributed by atoms with Crippen LogP contribution in [0.2, 0.25) is 0 Å². The minimum atomic E-state index is -0.170. The van der Waals surface area contributed by atoms with Crippen molar-refractivity contribution in [1.29, 1.82) is 0 Å². The number of fused-ring (bicyclic) bond motifs is 2. The highest BCUT2D eigenvalue weighted by atomic mass is 16.1. The van der Waals surface area contributed by atoms with E-state index in [0.29, 0.717) is 33.6 Å². The van der Waals surface area contributed by atoms with Crippen LogP contribution in [0.15, 0.2) is 83.9 Å². The summed E-state index contributed by atoms with van der Waals surface area (Å²) in [6.45, 7) is 5.66. The number of hydrogen-bond acceptors (Lipinski definition) is 6. The van der Waals surface area contributed by atoms with Gasteiger partial charge in [0.2, 0.25) is 5.91 Å². The number of benzene rings is 3. The fraction of sp³-hybridized carbons (Fsp3) is 0.129. The maximum Gasteiger partial charge on any atom is 0.263 e. The fourth-order valence-corrected chi connectivity index (χ4v) is 5.23. The molecular formula is C31H27N7O2. The third kappa shape index (κ3) is 4.27. The Bertz CT molecular complexity index is 2010. The number of nitrogens with two attached hydrogens (primary N) is 1. The van der Waals surface area contributed by atoms with Gasteiger partial charge in [0.15, 0.2) is 5.65 Å². The highest BCUT2D eigenvalue weighted by molar-refractivity contribution is 5.99. The Balaban J connectivity index is 1.58. The lowest BCUT2D eigenvalue weighted by Gasteiger charge is -2.17.